The van der Waals surface area contributed by atoms with Crippen molar-refractivity contribution in [2.75, 3.05) is 0 Å². The Balaban J connectivity index is 2.04. The molecule has 0 nitrogen and oxygen atoms in total. The molecule has 3 rings (SSSR count). The van der Waals surface area contributed by atoms with Crippen LogP contribution in [0.15, 0.2) is 77.3 Å². The molecule has 20 heavy (non-hydrogen) atoms. The lowest BCUT2D eigenvalue weighted by molar-refractivity contribution is 1.56. The van der Waals surface area contributed by atoms with Crippen LogP contribution in [0.4, 0.5) is 0 Å². The molecule has 0 saturated heterocycles. The summed E-state index contributed by atoms with van der Waals surface area (Å²) in [4.78, 5) is 0. The van der Waals surface area contributed by atoms with Crippen LogP contribution in [0.5, 0.6) is 0 Å². The number of benzene rings is 3. The fourth-order valence-corrected chi connectivity index (χ4v) is 3.01. The van der Waals surface area contributed by atoms with Crippen molar-refractivity contribution in [2.45, 2.75) is 0 Å². The summed E-state index contributed by atoms with van der Waals surface area (Å²) in [6.07, 6.45) is 0. The van der Waals surface area contributed by atoms with Crippen LogP contribution in [0.3, 0.4) is 0 Å². The molecule has 0 N–H and O–H groups in total. The van der Waals surface area contributed by atoms with E-state index in [0.717, 1.165) is 20.6 Å². The lowest BCUT2D eigenvalue weighted by Crippen LogP contribution is -1.83. The van der Waals surface area contributed by atoms with Crippen molar-refractivity contribution in [1.82, 2.24) is 0 Å². The topological polar surface area (TPSA) is 0 Å². The highest BCUT2D eigenvalue weighted by Gasteiger charge is 2.05. The van der Waals surface area contributed by atoms with Gasteiger partial charge in [-0.15, -0.1) is 0 Å². The zero-order valence-corrected chi connectivity index (χ0v) is 13.0. The van der Waals surface area contributed by atoms with Gasteiger partial charge in [0.2, 0.25) is 0 Å². The standard InChI is InChI=1S/C18H12BrCl/c19-18-12-15(14-7-4-8-16(20)11-14)9-10-17(18)13-5-2-1-3-6-13/h1-12H. The van der Waals surface area contributed by atoms with E-state index in [2.05, 4.69) is 52.3 Å². The fourth-order valence-electron chi connectivity index (χ4n) is 2.21. The molecule has 0 radical (unpaired) electrons. The summed E-state index contributed by atoms with van der Waals surface area (Å²) >= 11 is 9.72. The average molecular weight is 344 g/mol. The third-order valence-corrected chi connectivity index (χ3v) is 4.10. The van der Waals surface area contributed by atoms with Crippen molar-refractivity contribution in [1.29, 1.82) is 0 Å². The SMILES string of the molecule is Clc1cccc(-c2ccc(-c3ccccc3)c(Br)c2)c1. The van der Waals surface area contributed by atoms with Crippen molar-refractivity contribution < 1.29 is 0 Å². The van der Waals surface area contributed by atoms with E-state index < -0.39 is 0 Å². The number of hydrogen-bond acceptors (Lipinski definition) is 0. The van der Waals surface area contributed by atoms with Gasteiger partial charge in [0.05, 0.1) is 0 Å². The van der Waals surface area contributed by atoms with E-state index in [9.17, 15) is 0 Å². The third kappa shape index (κ3) is 2.79. The van der Waals surface area contributed by atoms with Gasteiger partial charge in [-0.2, -0.15) is 0 Å². The predicted octanol–water partition coefficient (Wildman–Crippen LogP) is 6.44. The fraction of sp³-hybridized carbons (Fsp3) is 0. The smallest absolute Gasteiger partial charge is 0.0412 e. The molecule has 0 heterocycles. The first-order valence-corrected chi connectivity index (χ1v) is 7.52. The van der Waals surface area contributed by atoms with Crippen LogP contribution in [0.25, 0.3) is 22.3 Å². The van der Waals surface area contributed by atoms with Gasteiger partial charge >= 0.3 is 0 Å². The number of hydrogen-bond donors (Lipinski definition) is 0. The third-order valence-electron chi connectivity index (χ3n) is 3.21. The Morgan fingerprint density at radius 3 is 2.05 bits per heavy atom. The molecular weight excluding hydrogens is 332 g/mol. The van der Waals surface area contributed by atoms with E-state index in [1.807, 2.05) is 36.4 Å². The van der Waals surface area contributed by atoms with Gasteiger partial charge in [-0.3, -0.25) is 0 Å². The second-order valence-corrected chi connectivity index (χ2v) is 5.86. The highest BCUT2D eigenvalue weighted by molar-refractivity contribution is 9.10. The first-order valence-electron chi connectivity index (χ1n) is 6.35. The van der Waals surface area contributed by atoms with Gasteiger partial charge in [0.1, 0.15) is 0 Å². The zero-order chi connectivity index (χ0) is 13.9. The second-order valence-electron chi connectivity index (χ2n) is 4.57. The molecular formula is C18H12BrCl. The van der Waals surface area contributed by atoms with E-state index >= 15 is 0 Å². The molecule has 0 amide bonds. The lowest BCUT2D eigenvalue weighted by Gasteiger charge is -2.08. The first-order chi connectivity index (χ1) is 9.74. The Morgan fingerprint density at radius 1 is 0.650 bits per heavy atom. The van der Waals surface area contributed by atoms with Gasteiger partial charge in [-0.05, 0) is 40.5 Å². The minimum Gasteiger partial charge on any atom is -0.0843 e. The summed E-state index contributed by atoms with van der Waals surface area (Å²) in [7, 11) is 0. The quantitative estimate of drug-likeness (QED) is 0.502. The summed E-state index contributed by atoms with van der Waals surface area (Å²) in [5.74, 6) is 0. The van der Waals surface area contributed by atoms with Crippen molar-refractivity contribution in [3.63, 3.8) is 0 Å². The largest absolute Gasteiger partial charge is 0.0843 e. The Bertz CT molecular complexity index is 735. The summed E-state index contributed by atoms with van der Waals surface area (Å²) in [6, 6.07) is 24.6. The molecule has 3 aromatic carbocycles. The van der Waals surface area contributed by atoms with Crippen LogP contribution >= 0.6 is 27.5 Å². The molecule has 2 heteroatoms. The maximum atomic E-state index is 6.05. The monoisotopic (exact) mass is 342 g/mol. The molecule has 0 fully saturated rings. The molecule has 0 saturated carbocycles. The maximum Gasteiger partial charge on any atom is 0.0412 e. The van der Waals surface area contributed by atoms with Crippen molar-refractivity contribution in [3.8, 4) is 22.3 Å². The van der Waals surface area contributed by atoms with Crippen LogP contribution in [-0.2, 0) is 0 Å². The Kier molecular flexibility index (Phi) is 3.90. The van der Waals surface area contributed by atoms with Crippen LogP contribution in [0.2, 0.25) is 5.02 Å². The van der Waals surface area contributed by atoms with Gasteiger partial charge in [0, 0.05) is 9.50 Å². The number of halogens is 2. The summed E-state index contributed by atoms with van der Waals surface area (Å²) in [6.45, 7) is 0. The van der Waals surface area contributed by atoms with Gasteiger partial charge in [-0.25, -0.2) is 0 Å². The highest BCUT2D eigenvalue weighted by Crippen LogP contribution is 2.33. The van der Waals surface area contributed by atoms with E-state index in [1.54, 1.807) is 0 Å². The molecule has 98 valence electrons. The summed E-state index contributed by atoms with van der Waals surface area (Å²) in [5, 5.41) is 0.755. The van der Waals surface area contributed by atoms with E-state index in [0.29, 0.717) is 0 Å². The van der Waals surface area contributed by atoms with Gasteiger partial charge < -0.3 is 0 Å². The highest BCUT2D eigenvalue weighted by atomic mass is 79.9. The van der Waals surface area contributed by atoms with E-state index in [4.69, 9.17) is 11.6 Å². The van der Waals surface area contributed by atoms with Gasteiger partial charge in [0.15, 0.2) is 0 Å². The Hall–Kier alpha value is -1.57. The summed E-state index contributed by atoms with van der Waals surface area (Å²) in [5.41, 5.74) is 4.67. The maximum absolute atomic E-state index is 6.05. The van der Waals surface area contributed by atoms with Crippen molar-refractivity contribution >= 4 is 27.5 Å². The molecule has 0 bridgehead atoms. The molecule has 0 unspecified atom stereocenters. The van der Waals surface area contributed by atoms with E-state index in [1.165, 1.54) is 11.1 Å². The molecule has 0 spiro atoms. The molecule has 0 aliphatic rings. The average Bonchev–Trinajstić information content (AvgIpc) is 2.48. The van der Waals surface area contributed by atoms with Crippen molar-refractivity contribution in [3.05, 3.63) is 82.3 Å². The first kappa shape index (κ1) is 13.4. The molecule has 0 aliphatic carbocycles. The molecule has 0 aromatic heterocycles. The van der Waals surface area contributed by atoms with Crippen molar-refractivity contribution in [2.24, 2.45) is 0 Å². The minimum atomic E-state index is 0.755. The Labute approximate surface area is 132 Å². The van der Waals surface area contributed by atoms with Crippen LogP contribution in [-0.4, -0.2) is 0 Å². The summed E-state index contributed by atoms with van der Waals surface area (Å²) < 4.78 is 1.08. The molecule has 0 aliphatic heterocycles. The zero-order valence-electron chi connectivity index (χ0n) is 10.7. The van der Waals surface area contributed by atoms with Crippen LogP contribution < -0.4 is 0 Å². The normalized spacial score (nSPS) is 10.5. The second kappa shape index (κ2) is 5.82. The molecule has 3 aromatic rings. The van der Waals surface area contributed by atoms with Gasteiger partial charge in [0.25, 0.3) is 0 Å². The number of rotatable bonds is 2. The molecule has 0 atom stereocenters. The predicted molar refractivity (Wildman–Crippen MR) is 90.0 cm³/mol. The van der Waals surface area contributed by atoms with Crippen LogP contribution in [0, 0.1) is 0 Å². The lowest BCUT2D eigenvalue weighted by atomic mass is 10.0. The minimum absolute atomic E-state index is 0.755. The van der Waals surface area contributed by atoms with Crippen LogP contribution in [0.1, 0.15) is 0 Å². The van der Waals surface area contributed by atoms with Gasteiger partial charge in [-0.1, -0.05) is 82.1 Å². The Morgan fingerprint density at radius 2 is 1.35 bits per heavy atom. The van der Waals surface area contributed by atoms with E-state index in [-0.39, 0.29) is 0 Å².